The number of piperazine rings is 1. The average molecular weight is 502 g/mol. The molecule has 3 heterocycles. The first-order valence-electron chi connectivity index (χ1n) is 11.8. The van der Waals surface area contributed by atoms with Gasteiger partial charge in [-0.2, -0.15) is 25.9 Å². The van der Waals surface area contributed by atoms with Gasteiger partial charge in [0.15, 0.2) is 0 Å². The highest BCUT2D eigenvalue weighted by molar-refractivity contribution is 7.90. The van der Waals surface area contributed by atoms with Gasteiger partial charge in [-0.05, 0) is 49.8 Å². The van der Waals surface area contributed by atoms with Crippen LogP contribution in [0.4, 0.5) is 18.9 Å². The van der Waals surface area contributed by atoms with Crippen molar-refractivity contribution < 1.29 is 26.3 Å². The summed E-state index contributed by atoms with van der Waals surface area (Å²) in [6.45, 7) is 3.49. The molecule has 0 spiro atoms. The Hall–Kier alpha value is -1.89. The summed E-state index contributed by atoms with van der Waals surface area (Å²) in [5.74, 6) is -0.878. The van der Waals surface area contributed by atoms with Crippen LogP contribution >= 0.6 is 0 Å². The number of alkyl halides is 3. The van der Waals surface area contributed by atoms with Gasteiger partial charge in [0, 0.05) is 59.0 Å². The molecule has 2 aliphatic heterocycles. The number of hydrogen-bond donors (Lipinski definition) is 0. The molecule has 34 heavy (non-hydrogen) atoms. The van der Waals surface area contributed by atoms with E-state index in [0.717, 1.165) is 4.31 Å². The van der Waals surface area contributed by atoms with E-state index < -0.39 is 22.2 Å². The minimum absolute atomic E-state index is 0.0734. The molecule has 2 saturated heterocycles. The number of hydrogen-bond acceptors (Lipinski definition) is 5. The zero-order valence-corrected chi connectivity index (χ0v) is 20.0. The molecule has 8 nitrogen and oxygen atoms in total. The first kappa shape index (κ1) is 23.8. The van der Waals surface area contributed by atoms with Gasteiger partial charge in [0.2, 0.25) is 5.82 Å². The van der Waals surface area contributed by atoms with Crippen LogP contribution in [0.2, 0.25) is 0 Å². The van der Waals surface area contributed by atoms with E-state index in [4.69, 9.17) is 4.74 Å². The molecular weight excluding hydrogens is 471 g/mol. The van der Waals surface area contributed by atoms with Crippen molar-refractivity contribution in [2.24, 2.45) is 5.92 Å². The number of nitrogens with zero attached hydrogens (tertiary/aromatic N) is 5. The van der Waals surface area contributed by atoms with E-state index in [0.29, 0.717) is 69.5 Å². The fraction of sp³-hybridized carbons (Fsp3) is 0.682. The summed E-state index contributed by atoms with van der Waals surface area (Å²) in [5, 5.41) is 0. The largest absolute Gasteiger partial charge is 0.449 e. The maximum Gasteiger partial charge on any atom is 0.449 e. The van der Waals surface area contributed by atoms with Crippen LogP contribution in [0, 0.1) is 5.92 Å². The molecular formula is C22H30F3N5O3S. The molecule has 12 heteroatoms. The lowest BCUT2D eigenvalue weighted by molar-refractivity contribution is -0.147. The first-order chi connectivity index (χ1) is 16.1. The molecule has 1 saturated carbocycles. The monoisotopic (exact) mass is 501 g/mol. The molecule has 0 amide bonds. The number of fused-ring (bicyclic) bond motifs is 1. The summed E-state index contributed by atoms with van der Waals surface area (Å²) in [7, 11) is -2.36. The van der Waals surface area contributed by atoms with Crippen molar-refractivity contribution in [3.63, 3.8) is 0 Å². The maximum absolute atomic E-state index is 13.8. The van der Waals surface area contributed by atoms with E-state index in [2.05, 4.69) is 9.88 Å². The Balaban J connectivity index is 1.40. The zero-order valence-electron chi connectivity index (χ0n) is 19.2. The minimum Gasteiger partial charge on any atom is -0.381 e. The molecule has 3 aliphatic rings. The zero-order chi connectivity index (χ0) is 24.1. The number of rotatable bonds is 6. The molecule has 0 radical (unpaired) electrons. The third-order valence-corrected chi connectivity index (χ3v) is 9.06. The summed E-state index contributed by atoms with van der Waals surface area (Å²) < 4.78 is 77.0. The number of halogens is 3. The van der Waals surface area contributed by atoms with E-state index in [9.17, 15) is 21.6 Å². The maximum atomic E-state index is 13.8. The second-order valence-electron chi connectivity index (χ2n) is 9.41. The standard InChI is InChI=1S/C22H30F3N5O3S/c1-27(34(31,32)29-10-8-28(9-11-29)17-2-3-17)18-4-5-20-19(14-18)26-21(22(23,24)25)30(20)15-16-6-12-33-13-7-16/h4-5,14,16-17H,2-3,6-13,15H2,1H3. The fourth-order valence-electron chi connectivity index (χ4n) is 4.95. The van der Waals surface area contributed by atoms with E-state index >= 15 is 0 Å². The molecule has 188 valence electrons. The van der Waals surface area contributed by atoms with Crippen LogP contribution in [-0.4, -0.2) is 79.7 Å². The van der Waals surface area contributed by atoms with Gasteiger partial charge in [-0.25, -0.2) is 4.98 Å². The lowest BCUT2D eigenvalue weighted by Crippen LogP contribution is -2.52. The van der Waals surface area contributed by atoms with Crippen LogP contribution in [0.5, 0.6) is 0 Å². The van der Waals surface area contributed by atoms with Crippen molar-refractivity contribution in [3.8, 4) is 0 Å². The van der Waals surface area contributed by atoms with E-state index in [1.165, 1.54) is 34.8 Å². The molecule has 1 aromatic heterocycles. The molecule has 2 aromatic rings. The van der Waals surface area contributed by atoms with Crippen molar-refractivity contribution in [2.75, 3.05) is 50.7 Å². The van der Waals surface area contributed by atoms with Crippen LogP contribution in [0.15, 0.2) is 18.2 Å². The Kier molecular flexibility index (Phi) is 6.28. The molecule has 0 atom stereocenters. The van der Waals surface area contributed by atoms with Gasteiger partial charge in [0.25, 0.3) is 0 Å². The topological polar surface area (TPSA) is 70.9 Å². The Morgan fingerprint density at radius 3 is 2.38 bits per heavy atom. The summed E-state index contributed by atoms with van der Waals surface area (Å²) in [6, 6.07) is 5.12. The SMILES string of the molecule is CN(c1ccc2c(c1)nc(C(F)(F)F)n2CC1CCOCC1)S(=O)(=O)N1CCN(C2CC2)CC1. The van der Waals surface area contributed by atoms with Crippen molar-refractivity contribution in [1.29, 1.82) is 0 Å². The smallest absolute Gasteiger partial charge is 0.381 e. The Morgan fingerprint density at radius 2 is 1.76 bits per heavy atom. The average Bonchev–Trinajstić information content (AvgIpc) is 3.61. The second kappa shape index (κ2) is 8.96. The Bertz CT molecular complexity index is 1130. The first-order valence-corrected chi connectivity index (χ1v) is 13.2. The quantitative estimate of drug-likeness (QED) is 0.609. The molecule has 3 fully saturated rings. The van der Waals surface area contributed by atoms with Gasteiger partial charge < -0.3 is 9.30 Å². The van der Waals surface area contributed by atoms with Crippen molar-refractivity contribution in [2.45, 2.75) is 44.4 Å². The minimum atomic E-state index is -4.61. The highest BCUT2D eigenvalue weighted by atomic mass is 32.2. The van der Waals surface area contributed by atoms with Gasteiger partial charge in [-0.15, -0.1) is 0 Å². The molecule has 0 bridgehead atoms. The lowest BCUT2D eigenvalue weighted by Gasteiger charge is -2.36. The molecule has 0 N–H and O–H groups in total. The van der Waals surface area contributed by atoms with Crippen molar-refractivity contribution >= 4 is 26.9 Å². The molecule has 1 aliphatic carbocycles. The van der Waals surface area contributed by atoms with Crippen molar-refractivity contribution in [3.05, 3.63) is 24.0 Å². The number of ether oxygens (including phenoxy) is 1. The number of aromatic nitrogens is 2. The van der Waals surface area contributed by atoms with Gasteiger partial charge >= 0.3 is 16.4 Å². The predicted octanol–water partition coefficient (Wildman–Crippen LogP) is 2.94. The summed E-state index contributed by atoms with van der Waals surface area (Å²) in [5.41, 5.74) is 0.783. The lowest BCUT2D eigenvalue weighted by atomic mass is 10.0. The second-order valence-corrected chi connectivity index (χ2v) is 11.4. The molecule has 5 rings (SSSR count). The van der Waals surface area contributed by atoms with Gasteiger partial charge in [0.05, 0.1) is 16.7 Å². The summed E-state index contributed by atoms with van der Waals surface area (Å²) in [4.78, 5) is 6.21. The number of imidazole rings is 1. The van der Waals surface area contributed by atoms with Crippen LogP contribution in [0.3, 0.4) is 0 Å². The third-order valence-electron chi connectivity index (χ3n) is 7.14. The van der Waals surface area contributed by atoms with E-state index in [-0.39, 0.29) is 18.0 Å². The summed E-state index contributed by atoms with van der Waals surface area (Å²) in [6.07, 6.45) is -0.862. The van der Waals surface area contributed by atoms with Crippen LogP contribution in [0.25, 0.3) is 11.0 Å². The van der Waals surface area contributed by atoms with Crippen LogP contribution in [0.1, 0.15) is 31.5 Å². The van der Waals surface area contributed by atoms with Crippen LogP contribution in [-0.2, 0) is 27.7 Å². The molecule has 0 unspecified atom stereocenters. The van der Waals surface area contributed by atoms with Gasteiger partial charge in [0.1, 0.15) is 0 Å². The normalized spacial score (nSPS) is 21.9. The van der Waals surface area contributed by atoms with E-state index in [1.807, 2.05) is 0 Å². The Labute approximate surface area is 197 Å². The number of anilines is 1. The Morgan fingerprint density at radius 1 is 1.09 bits per heavy atom. The van der Waals surface area contributed by atoms with Gasteiger partial charge in [-0.3, -0.25) is 9.21 Å². The summed E-state index contributed by atoms with van der Waals surface area (Å²) >= 11 is 0. The highest BCUT2D eigenvalue weighted by Crippen LogP contribution is 2.35. The van der Waals surface area contributed by atoms with E-state index in [1.54, 1.807) is 12.1 Å². The van der Waals surface area contributed by atoms with Crippen molar-refractivity contribution in [1.82, 2.24) is 18.8 Å². The van der Waals surface area contributed by atoms with Crippen LogP contribution < -0.4 is 4.31 Å². The predicted molar refractivity (Wildman–Crippen MR) is 122 cm³/mol. The molecule has 1 aromatic carbocycles. The third kappa shape index (κ3) is 4.65. The highest BCUT2D eigenvalue weighted by Gasteiger charge is 2.39. The fourth-order valence-corrected chi connectivity index (χ4v) is 6.30. The number of benzene rings is 1. The van der Waals surface area contributed by atoms with Gasteiger partial charge in [-0.1, -0.05) is 0 Å².